The van der Waals surface area contributed by atoms with Gasteiger partial charge < -0.3 is 15.5 Å². The Labute approximate surface area is 180 Å². The molecule has 0 bridgehead atoms. The molecule has 11 heteroatoms. The van der Waals surface area contributed by atoms with Crippen molar-refractivity contribution in [2.75, 3.05) is 6.61 Å². The molecule has 30 heavy (non-hydrogen) atoms. The molecule has 1 amide bonds. The average molecular weight is 451 g/mol. The van der Waals surface area contributed by atoms with E-state index in [2.05, 4.69) is 15.5 Å². The van der Waals surface area contributed by atoms with Gasteiger partial charge in [0.1, 0.15) is 11.8 Å². The van der Waals surface area contributed by atoms with Crippen molar-refractivity contribution in [2.45, 2.75) is 12.1 Å². The molecule has 1 heterocycles. The van der Waals surface area contributed by atoms with Crippen molar-refractivity contribution in [1.29, 1.82) is 0 Å². The number of carbonyl (C=O) groups excluding carboxylic acids is 1. The topological polar surface area (TPSA) is 141 Å². The molecule has 0 saturated heterocycles. The number of nitrogens with zero attached hydrogens (tertiary/aromatic N) is 2. The summed E-state index contributed by atoms with van der Waals surface area (Å²) in [5.41, 5.74) is 1.37. The largest absolute Gasteiger partial charge is 0.394 e. The Hall–Kier alpha value is -2.98. The molecule has 0 radical (unpaired) electrons. The number of benzene rings is 2. The van der Waals surface area contributed by atoms with Crippen LogP contribution in [0.15, 0.2) is 48.5 Å². The van der Waals surface area contributed by atoms with Crippen molar-refractivity contribution in [3.8, 4) is 11.3 Å². The molecule has 3 rings (SSSR count). The fraction of sp³-hybridized carbons (Fsp3) is 0.158. The van der Waals surface area contributed by atoms with Gasteiger partial charge in [0.05, 0.1) is 33.3 Å². The number of H-pyrrole nitrogens is 1. The first-order valence-electron chi connectivity index (χ1n) is 8.65. The second-order valence-corrected chi connectivity index (χ2v) is 7.17. The van der Waals surface area contributed by atoms with Crippen molar-refractivity contribution in [1.82, 2.24) is 15.5 Å². The first kappa shape index (κ1) is 21.7. The van der Waals surface area contributed by atoms with Crippen LogP contribution in [0.2, 0.25) is 10.0 Å². The van der Waals surface area contributed by atoms with Gasteiger partial charge in [-0.2, -0.15) is 5.10 Å². The van der Waals surface area contributed by atoms with E-state index in [1.807, 2.05) is 0 Å². The molecule has 0 aliphatic heterocycles. The van der Waals surface area contributed by atoms with E-state index in [0.29, 0.717) is 26.9 Å². The van der Waals surface area contributed by atoms with E-state index in [9.17, 15) is 25.1 Å². The molecule has 4 N–H and O–H groups in total. The van der Waals surface area contributed by atoms with E-state index in [4.69, 9.17) is 23.2 Å². The monoisotopic (exact) mass is 450 g/mol. The molecule has 2 unspecified atom stereocenters. The zero-order valence-corrected chi connectivity index (χ0v) is 16.8. The van der Waals surface area contributed by atoms with Crippen molar-refractivity contribution >= 4 is 34.8 Å². The van der Waals surface area contributed by atoms with Gasteiger partial charge in [0, 0.05) is 17.7 Å². The van der Waals surface area contributed by atoms with Gasteiger partial charge in [0.25, 0.3) is 11.6 Å². The summed E-state index contributed by atoms with van der Waals surface area (Å²) in [4.78, 5) is 22.7. The number of hydrogen-bond donors (Lipinski definition) is 4. The Morgan fingerprint density at radius 2 is 1.87 bits per heavy atom. The van der Waals surface area contributed by atoms with Gasteiger partial charge in [0.15, 0.2) is 0 Å². The van der Waals surface area contributed by atoms with Gasteiger partial charge in [-0.05, 0) is 35.9 Å². The lowest BCUT2D eigenvalue weighted by atomic mass is 10.0. The van der Waals surface area contributed by atoms with Crippen molar-refractivity contribution in [3.05, 3.63) is 79.9 Å². The number of halogens is 2. The second kappa shape index (κ2) is 9.23. The first-order valence-corrected chi connectivity index (χ1v) is 9.40. The highest BCUT2D eigenvalue weighted by Gasteiger charge is 2.24. The summed E-state index contributed by atoms with van der Waals surface area (Å²) < 4.78 is 0. The van der Waals surface area contributed by atoms with Gasteiger partial charge in [-0.15, -0.1) is 0 Å². The van der Waals surface area contributed by atoms with Crippen LogP contribution in [0.25, 0.3) is 11.3 Å². The number of rotatable bonds is 7. The van der Waals surface area contributed by atoms with Crippen LogP contribution >= 0.6 is 23.2 Å². The minimum Gasteiger partial charge on any atom is -0.394 e. The third-order valence-electron chi connectivity index (χ3n) is 4.38. The zero-order chi connectivity index (χ0) is 21.8. The SMILES string of the molecule is O=C(NC(CO)C(O)c1ccc([N+](=O)[O-])cc1)c1cc(-c2ccc(Cl)c(Cl)c2)n[nH]1. The predicted octanol–water partition coefficient (Wildman–Crippen LogP) is 3.12. The number of carbonyl (C=O) groups is 1. The van der Waals surface area contributed by atoms with Crippen LogP contribution in [-0.4, -0.2) is 43.9 Å². The lowest BCUT2D eigenvalue weighted by Gasteiger charge is -2.22. The highest BCUT2D eigenvalue weighted by Crippen LogP contribution is 2.28. The lowest BCUT2D eigenvalue weighted by molar-refractivity contribution is -0.384. The number of amides is 1. The Balaban J connectivity index is 1.72. The minimum absolute atomic E-state index is 0.102. The standard InChI is InChI=1S/C19H16Cl2N4O5/c20-13-6-3-11(7-14(13)21)15-8-16(24-23-15)19(28)22-17(9-26)18(27)10-1-4-12(5-2-10)25(29)30/h1-8,17-18,26-27H,9H2,(H,22,28)(H,23,24). The van der Waals surface area contributed by atoms with Gasteiger partial charge in [-0.1, -0.05) is 29.3 Å². The summed E-state index contributed by atoms with van der Waals surface area (Å²) in [6, 6.07) is 10.5. The van der Waals surface area contributed by atoms with Crippen molar-refractivity contribution in [3.63, 3.8) is 0 Å². The normalized spacial score (nSPS) is 12.9. The van der Waals surface area contributed by atoms with E-state index in [-0.39, 0.29) is 11.4 Å². The van der Waals surface area contributed by atoms with Gasteiger partial charge >= 0.3 is 0 Å². The third kappa shape index (κ3) is 4.77. The second-order valence-electron chi connectivity index (χ2n) is 6.35. The Bertz CT molecular complexity index is 1070. The fourth-order valence-electron chi connectivity index (χ4n) is 2.74. The smallest absolute Gasteiger partial charge is 0.269 e. The van der Waals surface area contributed by atoms with Crippen LogP contribution in [0.3, 0.4) is 0 Å². The van der Waals surface area contributed by atoms with E-state index >= 15 is 0 Å². The lowest BCUT2D eigenvalue weighted by Crippen LogP contribution is -2.42. The third-order valence-corrected chi connectivity index (χ3v) is 5.12. The Morgan fingerprint density at radius 1 is 1.17 bits per heavy atom. The quantitative estimate of drug-likeness (QED) is 0.321. The predicted molar refractivity (Wildman–Crippen MR) is 110 cm³/mol. The molecule has 156 valence electrons. The van der Waals surface area contributed by atoms with Crippen molar-refractivity contribution < 1.29 is 19.9 Å². The van der Waals surface area contributed by atoms with Crippen LogP contribution in [0.5, 0.6) is 0 Å². The number of non-ortho nitro benzene ring substituents is 1. The summed E-state index contributed by atoms with van der Waals surface area (Å²) in [7, 11) is 0. The molecule has 0 aliphatic carbocycles. The summed E-state index contributed by atoms with van der Waals surface area (Å²) in [6.45, 7) is -0.558. The average Bonchev–Trinajstić information content (AvgIpc) is 3.24. The summed E-state index contributed by atoms with van der Waals surface area (Å²) >= 11 is 11.9. The highest BCUT2D eigenvalue weighted by molar-refractivity contribution is 6.42. The number of nitrogens with one attached hydrogen (secondary N) is 2. The maximum atomic E-state index is 12.5. The number of aromatic amines is 1. The van der Waals surface area contributed by atoms with E-state index in [1.54, 1.807) is 18.2 Å². The molecule has 0 fully saturated rings. The van der Waals surface area contributed by atoms with Gasteiger partial charge in [-0.3, -0.25) is 20.0 Å². The van der Waals surface area contributed by atoms with Crippen LogP contribution in [-0.2, 0) is 0 Å². The molecule has 0 saturated carbocycles. The van der Waals surface area contributed by atoms with E-state index in [0.717, 1.165) is 0 Å². The van der Waals surface area contributed by atoms with Crippen LogP contribution in [0, 0.1) is 10.1 Å². The first-order chi connectivity index (χ1) is 14.3. The van der Waals surface area contributed by atoms with Crippen LogP contribution < -0.4 is 5.32 Å². The molecular formula is C19H16Cl2N4O5. The number of nitro benzene ring substituents is 1. The molecule has 0 spiro atoms. The highest BCUT2D eigenvalue weighted by atomic mass is 35.5. The number of nitro groups is 1. The molecule has 1 aromatic heterocycles. The summed E-state index contributed by atoms with van der Waals surface area (Å²) in [6.07, 6.45) is -1.28. The number of aliphatic hydroxyl groups excluding tert-OH is 2. The zero-order valence-electron chi connectivity index (χ0n) is 15.3. The maximum absolute atomic E-state index is 12.5. The summed E-state index contributed by atoms with van der Waals surface area (Å²) in [5, 5.41) is 40.7. The molecule has 2 aromatic carbocycles. The molecule has 0 aliphatic rings. The van der Waals surface area contributed by atoms with Crippen LogP contribution in [0.4, 0.5) is 5.69 Å². The number of aromatic nitrogens is 2. The van der Waals surface area contributed by atoms with E-state index in [1.165, 1.54) is 30.3 Å². The molecule has 3 aromatic rings. The minimum atomic E-state index is -1.28. The molecule has 9 nitrogen and oxygen atoms in total. The molecular weight excluding hydrogens is 435 g/mol. The number of hydrogen-bond acceptors (Lipinski definition) is 6. The van der Waals surface area contributed by atoms with Crippen molar-refractivity contribution in [2.24, 2.45) is 0 Å². The van der Waals surface area contributed by atoms with Gasteiger partial charge in [-0.25, -0.2) is 0 Å². The van der Waals surface area contributed by atoms with E-state index < -0.39 is 29.6 Å². The summed E-state index contributed by atoms with van der Waals surface area (Å²) in [5.74, 6) is -0.603. The van der Waals surface area contributed by atoms with Gasteiger partial charge in [0.2, 0.25) is 0 Å². The molecule has 2 atom stereocenters. The number of aliphatic hydroxyl groups is 2. The maximum Gasteiger partial charge on any atom is 0.269 e. The Morgan fingerprint density at radius 3 is 2.47 bits per heavy atom. The Kier molecular flexibility index (Phi) is 6.68. The fourth-order valence-corrected chi connectivity index (χ4v) is 3.04. The van der Waals surface area contributed by atoms with Crippen LogP contribution in [0.1, 0.15) is 22.2 Å².